The van der Waals surface area contributed by atoms with Gasteiger partial charge in [-0.3, -0.25) is 4.79 Å². The summed E-state index contributed by atoms with van der Waals surface area (Å²) in [4.78, 5) is 12.8. The van der Waals surface area contributed by atoms with Crippen molar-refractivity contribution >= 4 is 54.8 Å². The van der Waals surface area contributed by atoms with E-state index in [9.17, 15) is 4.79 Å². The van der Waals surface area contributed by atoms with Crippen LogP contribution in [0.25, 0.3) is 0 Å². The van der Waals surface area contributed by atoms with E-state index in [2.05, 4.69) is 37.2 Å². The minimum atomic E-state index is -0.0629. The SMILES string of the molecule is Cc1cc(C(=O)Nc2ccc(CCBr)cc2)sc1Br. The predicted molar refractivity (Wildman–Crippen MR) is 88.6 cm³/mol. The van der Waals surface area contributed by atoms with E-state index in [4.69, 9.17) is 0 Å². The number of anilines is 1. The summed E-state index contributed by atoms with van der Waals surface area (Å²) in [5, 5.41) is 3.85. The normalized spacial score (nSPS) is 10.5. The lowest BCUT2D eigenvalue weighted by Crippen LogP contribution is -2.10. The van der Waals surface area contributed by atoms with Crippen LogP contribution in [0, 0.1) is 6.92 Å². The fourth-order valence-electron chi connectivity index (χ4n) is 1.63. The zero-order chi connectivity index (χ0) is 13.8. The number of carbonyl (C=O) groups excluding carboxylic acids is 1. The van der Waals surface area contributed by atoms with Crippen molar-refractivity contribution in [2.45, 2.75) is 13.3 Å². The van der Waals surface area contributed by atoms with Gasteiger partial charge in [-0.2, -0.15) is 0 Å². The van der Waals surface area contributed by atoms with E-state index < -0.39 is 0 Å². The second kappa shape index (κ2) is 6.68. The standard InChI is InChI=1S/C14H13Br2NOS/c1-9-8-12(19-13(9)16)14(18)17-11-4-2-10(3-5-11)6-7-15/h2-5,8H,6-7H2,1H3,(H,17,18). The van der Waals surface area contributed by atoms with Gasteiger partial charge in [-0.25, -0.2) is 0 Å². The molecule has 0 spiro atoms. The van der Waals surface area contributed by atoms with Gasteiger partial charge in [0.1, 0.15) is 0 Å². The van der Waals surface area contributed by atoms with Gasteiger partial charge in [-0.05, 0) is 58.6 Å². The maximum absolute atomic E-state index is 12.1. The van der Waals surface area contributed by atoms with Gasteiger partial charge in [0.15, 0.2) is 0 Å². The predicted octanol–water partition coefficient (Wildman–Crippen LogP) is 5.01. The Morgan fingerprint density at radius 2 is 2.00 bits per heavy atom. The van der Waals surface area contributed by atoms with Gasteiger partial charge in [-0.15, -0.1) is 11.3 Å². The molecule has 1 amide bonds. The number of hydrogen-bond donors (Lipinski definition) is 1. The minimum Gasteiger partial charge on any atom is -0.321 e. The molecule has 2 rings (SSSR count). The van der Waals surface area contributed by atoms with Gasteiger partial charge >= 0.3 is 0 Å². The topological polar surface area (TPSA) is 29.1 Å². The zero-order valence-corrected chi connectivity index (χ0v) is 14.4. The Bertz CT molecular complexity index is 558. The molecule has 2 nitrogen and oxygen atoms in total. The number of aryl methyl sites for hydroxylation is 2. The molecule has 19 heavy (non-hydrogen) atoms. The number of carbonyl (C=O) groups is 1. The maximum atomic E-state index is 12.1. The highest BCUT2D eigenvalue weighted by molar-refractivity contribution is 9.11. The summed E-state index contributed by atoms with van der Waals surface area (Å²) in [7, 11) is 0. The molecule has 0 bridgehead atoms. The third-order valence-corrected chi connectivity index (χ3v) is 5.21. The van der Waals surface area contributed by atoms with Gasteiger partial charge in [0, 0.05) is 11.0 Å². The van der Waals surface area contributed by atoms with Crippen molar-refractivity contribution < 1.29 is 4.79 Å². The quantitative estimate of drug-likeness (QED) is 0.715. The van der Waals surface area contributed by atoms with Gasteiger partial charge in [-0.1, -0.05) is 28.1 Å². The lowest BCUT2D eigenvalue weighted by atomic mass is 10.1. The summed E-state index contributed by atoms with van der Waals surface area (Å²) < 4.78 is 1.00. The van der Waals surface area contributed by atoms with Gasteiger partial charge in [0.2, 0.25) is 0 Å². The third kappa shape index (κ3) is 3.91. The van der Waals surface area contributed by atoms with Crippen LogP contribution < -0.4 is 5.32 Å². The zero-order valence-electron chi connectivity index (χ0n) is 10.4. The second-order valence-corrected chi connectivity index (χ2v) is 7.32. The molecule has 0 aliphatic carbocycles. The van der Waals surface area contributed by atoms with E-state index >= 15 is 0 Å². The van der Waals surface area contributed by atoms with Crippen LogP contribution in [0.15, 0.2) is 34.1 Å². The van der Waals surface area contributed by atoms with Crippen molar-refractivity contribution in [3.05, 3.63) is 50.1 Å². The van der Waals surface area contributed by atoms with Crippen LogP contribution in [-0.4, -0.2) is 11.2 Å². The summed E-state index contributed by atoms with van der Waals surface area (Å²) in [6, 6.07) is 9.83. The van der Waals surface area contributed by atoms with Crippen molar-refractivity contribution in [2.75, 3.05) is 10.6 Å². The highest BCUT2D eigenvalue weighted by atomic mass is 79.9. The van der Waals surface area contributed by atoms with E-state index in [0.29, 0.717) is 4.88 Å². The molecule has 0 unspecified atom stereocenters. The Labute approximate surface area is 133 Å². The molecule has 2 aromatic rings. The first kappa shape index (κ1) is 14.8. The average molecular weight is 403 g/mol. The Balaban J connectivity index is 2.06. The van der Waals surface area contributed by atoms with Crippen LogP contribution in [0.2, 0.25) is 0 Å². The van der Waals surface area contributed by atoms with Crippen molar-refractivity contribution in [1.82, 2.24) is 0 Å². The number of rotatable bonds is 4. The molecule has 1 N–H and O–H groups in total. The fraction of sp³-hybridized carbons (Fsp3) is 0.214. The molecular formula is C14H13Br2NOS. The monoisotopic (exact) mass is 401 g/mol. The van der Waals surface area contributed by atoms with Crippen molar-refractivity contribution in [1.29, 1.82) is 0 Å². The maximum Gasteiger partial charge on any atom is 0.265 e. The number of halogens is 2. The minimum absolute atomic E-state index is 0.0629. The third-order valence-electron chi connectivity index (χ3n) is 2.68. The highest BCUT2D eigenvalue weighted by Gasteiger charge is 2.11. The lowest BCUT2D eigenvalue weighted by Gasteiger charge is -2.04. The smallest absolute Gasteiger partial charge is 0.265 e. The van der Waals surface area contributed by atoms with Crippen LogP contribution in [-0.2, 0) is 6.42 Å². The average Bonchev–Trinajstić information content (AvgIpc) is 2.72. The second-order valence-electron chi connectivity index (χ2n) is 4.16. The van der Waals surface area contributed by atoms with Crippen LogP contribution in [0.1, 0.15) is 20.8 Å². The van der Waals surface area contributed by atoms with Crippen LogP contribution in [0.3, 0.4) is 0 Å². The largest absolute Gasteiger partial charge is 0.321 e. The molecule has 1 aromatic heterocycles. The van der Waals surface area contributed by atoms with Gasteiger partial charge < -0.3 is 5.32 Å². The van der Waals surface area contributed by atoms with Crippen LogP contribution in [0.4, 0.5) is 5.69 Å². The fourth-order valence-corrected chi connectivity index (χ4v) is 3.52. The number of hydrogen-bond acceptors (Lipinski definition) is 2. The molecule has 0 saturated heterocycles. The number of thiophene rings is 1. The Morgan fingerprint density at radius 3 is 2.53 bits per heavy atom. The number of amides is 1. The first-order valence-corrected chi connectivity index (χ1v) is 8.55. The summed E-state index contributed by atoms with van der Waals surface area (Å²) in [5.74, 6) is -0.0629. The van der Waals surface area contributed by atoms with Crippen LogP contribution in [0.5, 0.6) is 0 Å². The molecule has 1 heterocycles. The number of benzene rings is 1. The molecule has 0 aliphatic heterocycles. The molecule has 100 valence electrons. The van der Waals surface area contributed by atoms with Gasteiger partial charge in [0.25, 0.3) is 5.91 Å². The molecule has 5 heteroatoms. The Morgan fingerprint density at radius 1 is 1.32 bits per heavy atom. The Kier molecular flexibility index (Phi) is 5.19. The first-order chi connectivity index (χ1) is 9.10. The van der Waals surface area contributed by atoms with Crippen molar-refractivity contribution in [3.63, 3.8) is 0 Å². The van der Waals surface area contributed by atoms with E-state index in [1.807, 2.05) is 37.3 Å². The molecular weight excluding hydrogens is 390 g/mol. The van der Waals surface area contributed by atoms with Gasteiger partial charge in [0.05, 0.1) is 8.66 Å². The van der Waals surface area contributed by atoms with E-state index in [1.165, 1.54) is 16.9 Å². The number of alkyl halides is 1. The number of nitrogens with one attached hydrogen (secondary N) is 1. The molecule has 0 saturated carbocycles. The molecule has 1 aromatic carbocycles. The van der Waals surface area contributed by atoms with Crippen molar-refractivity contribution in [3.8, 4) is 0 Å². The molecule has 0 atom stereocenters. The molecule has 0 fully saturated rings. The van der Waals surface area contributed by atoms with E-state index in [0.717, 1.165) is 26.8 Å². The first-order valence-electron chi connectivity index (χ1n) is 5.82. The highest BCUT2D eigenvalue weighted by Crippen LogP contribution is 2.27. The summed E-state index contributed by atoms with van der Waals surface area (Å²) in [5.41, 5.74) is 3.16. The summed E-state index contributed by atoms with van der Waals surface area (Å²) >= 11 is 8.29. The molecule has 0 radical (unpaired) electrons. The lowest BCUT2D eigenvalue weighted by molar-refractivity contribution is 0.103. The van der Waals surface area contributed by atoms with Crippen molar-refractivity contribution in [2.24, 2.45) is 0 Å². The Hall–Kier alpha value is -0.650. The molecule has 0 aliphatic rings. The summed E-state index contributed by atoms with van der Waals surface area (Å²) in [6.45, 7) is 1.98. The van der Waals surface area contributed by atoms with Crippen LogP contribution >= 0.6 is 43.2 Å². The van der Waals surface area contributed by atoms with E-state index in [-0.39, 0.29) is 5.91 Å². The summed E-state index contributed by atoms with van der Waals surface area (Å²) in [6.07, 6.45) is 0.991. The van der Waals surface area contributed by atoms with E-state index in [1.54, 1.807) is 0 Å².